The SMILES string of the molecule is C=C(CN(C(=O)N1CCCC1)S(=O)(=O)c1ccc(C)cc1)C(=O)c1ccc(OC)cc1. The summed E-state index contributed by atoms with van der Waals surface area (Å²) >= 11 is 0. The van der Waals surface area contributed by atoms with Crippen molar-refractivity contribution in [1.29, 1.82) is 0 Å². The summed E-state index contributed by atoms with van der Waals surface area (Å²) in [5, 5.41) is 0. The number of Topliss-reactive ketones (excluding diaryl/α,β-unsaturated/α-hetero) is 1. The normalized spacial score (nSPS) is 13.7. The molecule has 0 unspecified atom stereocenters. The van der Waals surface area contributed by atoms with Crippen molar-refractivity contribution in [3.8, 4) is 5.75 Å². The quantitative estimate of drug-likeness (QED) is 0.483. The minimum Gasteiger partial charge on any atom is -0.497 e. The fraction of sp³-hybridized carbons (Fsp3) is 0.304. The van der Waals surface area contributed by atoms with E-state index in [1.54, 1.807) is 36.4 Å². The zero-order chi connectivity index (χ0) is 22.6. The molecule has 164 valence electrons. The topological polar surface area (TPSA) is 84.0 Å². The van der Waals surface area contributed by atoms with E-state index >= 15 is 0 Å². The molecule has 0 bridgehead atoms. The molecule has 1 aliphatic heterocycles. The predicted molar refractivity (Wildman–Crippen MR) is 118 cm³/mol. The molecule has 0 spiro atoms. The van der Waals surface area contributed by atoms with Gasteiger partial charge >= 0.3 is 6.03 Å². The summed E-state index contributed by atoms with van der Waals surface area (Å²) in [7, 11) is -2.65. The Morgan fingerprint density at radius 3 is 2.16 bits per heavy atom. The molecule has 3 rings (SSSR count). The summed E-state index contributed by atoms with van der Waals surface area (Å²) in [6, 6.07) is 12.0. The third-order valence-electron chi connectivity index (χ3n) is 5.21. The van der Waals surface area contributed by atoms with Crippen molar-refractivity contribution in [2.24, 2.45) is 0 Å². The number of hydrogen-bond acceptors (Lipinski definition) is 5. The molecular weight excluding hydrogens is 416 g/mol. The van der Waals surface area contributed by atoms with Gasteiger partial charge in [-0.05, 0) is 56.2 Å². The number of benzene rings is 2. The highest BCUT2D eigenvalue weighted by Crippen LogP contribution is 2.23. The van der Waals surface area contributed by atoms with Gasteiger partial charge in [-0.1, -0.05) is 24.3 Å². The number of urea groups is 1. The van der Waals surface area contributed by atoms with E-state index < -0.39 is 28.4 Å². The summed E-state index contributed by atoms with van der Waals surface area (Å²) < 4.78 is 32.5. The van der Waals surface area contributed by atoms with Gasteiger partial charge < -0.3 is 9.64 Å². The number of likely N-dealkylation sites (tertiary alicyclic amines) is 1. The molecule has 2 amide bonds. The minimum atomic E-state index is -4.17. The van der Waals surface area contributed by atoms with Gasteiger partial charge in [0.25, 0.3) is 10.0 Å². The van der Waals surface area contributed by atoms with E-state index in [1.165, 1.54) is 24.1 Å². The third kappa shape index (κ3) is 4.96. The average molecular weight is 443 g/mol. The monoisotopic (exact) mass is 442 g/mol. The first-order valence-electron chi connectivity index (χ1n) is 9.99. The number of hydrogen-bond donors (Lipinski definition) is 0. The maximum atomic E-state index is 13.3. The van der Waals surface area contributed by atoms with Gasteiger partial charge in [-0.3, -0.25) is 4.79 Å². The highest BCUT2D eigenvalue weighted by atomic mass is 32.2. The van der Waals surface area contributed by atoms with Crippen molar-refractivity contribution >= 4 is 21.8 Å². The van der Waals surface area contributed by atoms with Crippen LogP contribution in [0, 0.1) is 6.92 Å². The zero-order valence-electron chi connectivity index (χ0n) is 17.7. The molecule has 7 nitrogen and oxygen atoms in total. The summed E-state index contributed by atoms with van der Waals surface area (Å²) in [5.74, 6) is 0.163. The van der Waals surface area contributed by atoms with Crippen molar-refractivity contribution in [2.45, 2.75) is 24.7 Å². The number of carbonyl (C=O) groups excluding carboxylic acids is 2. The molecule has 0 aliphatic carbocycles. The average Bonchev–Trinajstić information content (AvgIpc) is 3.31. The second kappa shape index (κ2) is 9.34. The smallest absolute Gasteiger partial charge is 0.334 e. The van der Waals surface area contributed by atoms with Gasteiger partial charge in [-0.25, -0.2) is 17.5 Å². The van der Waals surface area contributed by atoms with Crippen molar-refractivity contribution in [3.63, 3.8) is 0 Å². The maximum Gasteiger partial charge on any atom is 0.334 e. The predicted octanol–water partition coefficient (Wildman–Crippen LogP) is 3.65. The van der Waals surface area contributed by atoms with E-state index in [1.807, 2.05) is 6.92 Å². The van der Waals surface area contributed by atoms with Crippen molar-refractivity contribution in [2.75, 3.05) is 26.7 Å². The summed E-state index contributed by atoms with van der Waals surface area (Å²) in [6.07, 6.45) is 1.63. The van der Waals surface area contributed by atoms with E-state index in [0.717, 1.165) is 22.7 Å². The molecular formula is C23H26N2O5S. The number of sulfonamides is 1. The molecule has 1 heterocycles. The van der Waals surface area contributed by atoms with Crippen LogP contribution in [0.25, 0.3) is 0 Å². The number of carbonyl (C=O) groups is 2. The Labute approximate surface area is 183 Å². The number of nitrogens with zero attached hydrogens (tertiary/aromatic N) is 2. The lowest BCUT2D eigenvalue weighted by molar-refractivity contribution is 0.103. The van der Waals surface area contributed by atoms with Crippen LogP contribution >= 0.6 is 0 Å². The Balaban J connectivity index is 1.90. The first-order valence-corrected chi connectivity index (χ1v) is 11.4. The van der Waals surface area contributed by atoms with E-state index in [9.17, 15) is 18.0 Å². The van der Waals surface area contributed by atoms with Gasteiger partial charge in [0.05, 0.1) is 18.6 Å². The highest BCUT2D eigenvalue weighted by Gasteiger charge is 2.35. The molecule has 0 N–H and O–H groups in total. The molecule has 8 heteroatoms. The highest BCUT2D eigenvalue weighted by molar-refractivity contribution is 7.89. The lowest BCUT2D eigenvalue weighted by Gasteiger charge is -2.28. The molecule has 31 heavy (non-hydrogen) atoms. The third-order valence-corrected chi connectivity index (χ3v) is 6.94. The second-order valence-corrected chi connectivity index (χ2v) is 9.32. The molecule has 1 saturated heterocycles. The van der Waals surface area contributed by atoms with Gasteiger partial charge in [0, 0.05) is 24.2 Å². The molecule has 1 aliphatic rings. The Kier molecular flexibility index (Phi) is 6.80. The number of ketones is 1. The maximum absolute atomic E-state index is 13.3. The van der Waals surface area contributed by atoms with Gasteiger partial charge in [0.15, 0.2) is 5.78 Å². The van der Waals surface area contributed by atoms with Gasteiger partial charge in [0.2, 0.25) is 0 Å². The minimum absolute atomic E-state index is 0.00431. The number of ether oxygens (including phenoxy) is 1. The Hall–Kier alpha value is -3.13. The lowest BCUT2D eigenvalue weighted by atomic mass is 10.0. The zero-order valence-corrected chi connectivity index (χ0v) is 18.5. The number of rotatable bonds is 7. The van der Waals surface area contributed by atoms with Crippen LogP contribution in [0.2, 0.25) is 0 Å². The lowest BCUT2D eigenvalue weighted by Crippen LogP contribution is -2.46. The van der Waals surface area contributed by atoms with Gasteiger partial charge in [0.1, 0.15) is 5.75 Å². The number of aryl methyl sites for hydroxylation is 1. The van der Waals surface area contributed by atoms with Crippen LogP contribution in [0.5, 0.6) is 5.75 Å². The van der Waals surface area contributed by atoms with Crippen LogP contribution < -0.4 is 4.74 Å². The number of amides is 2. The van der Waals surface area contributed by atoms with Crippen molar-refractivity contribution in [1.82, 2.24) is 9.21 Å². The molecule has 0 radical (unpaired) electrons. The Morgan fingerprint density at radius 2 is 1.61 bits per heavy atom. The molecule has 2 aromatic carbocycles. The summed E-state index contributed by atoms with van der Waals surface area (Å²) in [6.45, 7) is 6.18. The van der Waals surface area contributed by atoms with Crippen LogP contribution in [-0.4, -0.2) is 56.2 Å². The van der Waals surface area contributed by atoms with Crippen LogP contribution in [0.3, 0.4) is 0 Å². The fourth-order valence-electron chi connectivity index (χ4n) is 3.35. The standard InChI is InChI=1S/C23H26N2O5S/c1-17-6-12-21(13-7-17)31(28,29)25(23(27)24-14-4-5-15-24)16-18(2)22(26)19-8-10-20(30-3)11-9-19/h6-13H,2,4-5,14-16H2,1,3H3. The molecule has 1 fully saturated rings. The van der Waals surface area contributed by atoms with E-state index in [2.05, 4.69) is 6.58 Å². The van der Waals surface area contributed by atoms with Crippen molar-refractivity contribution in [3.05, 3.63) is 71.8 Å². The summed E-state index contributed by atoms with van der Waals surface area (Å²) in [4.78, 5) is 27.5. The van der Waals surface area contributed by atoms with Crippen LogP contribution in [0.15, 0.2) is 65.6 Å². The molecule has 2 aromatic rings. The first-order chi connectivity index (χ1) is 14.7. The second-order valence-electron chi connectivity index (χ2n) is 7.46. The fourth-order valence-corrected chi connectivity index (χ4v) is 4.73. The molecule has 0 saturated carbocycles. The Morgan fingerprint density at radius 1 is 1.03 bits per heavy atom. The summed E-state index contributed by atoms with van der Waals surface area (Å²) in [5.41, 5.74) is 1.25. The van der Waals surface area contributed by atoms with Gasteiger partial charge in [-0.2, -0.15) is 0 Å². The molecule has 0 aromatic heterocycles. The van der Waals surface area contributed by atoms with Crippen LogP contribution in [-0.2, 0) is 10.0 Å². The van der Waals surface area contributed by atoms with E-state index in [-0.39, 0.29) is 10.5 Å². The number of methoxy groups -OCH3 is 1. The first kappa shape index (κ1) is 22.6. The van der Waals surface area contributed by atoms with E-state index in [0.29, 0.717) is 24.4 Å². The van der Waals surface area contributed by atoms with E-state index in [4.69, 9.17) is 4.74 Å². The largest absolute Gasteiger partial charge is 0.497 e. The van der Waals surface area contributed by atoms with Crippen LogP contribution in [0.1, 0.15) is 28.8 Å². The van der Waals surface area contributed by atoms with Crippen LogP contribution in [0.4, 0.5) is 4.79 Å². The molecule has 0 atom stereocenters. The van der Waals surface area contributed by atoms with Gasteiger partial charge in [-0.15, -0.1) is 0 Å². The van der Waals surface area contributed by atoms with Crippen molar-refractivity contribution < 1.29 is 22.7 Å². The Bertz CT molecular complexity index is 1070.